The number of ether oxygens (including phenoxy) is 1. The van der Waals surface area contributed by atoms with Gasteiger partial charge in [0.2, 0.25) is 0 Å². The fourth-order valence-electron chi connectivity index (χ4n) is 3.45. The van der Waals surface area contributed by atoms with Crippen molar-refractivity contribution in [1.29, 1.82) is 0 Å². The maximum absolute atomic E-state index is 15.1. The lowest BCUT2D eigenvalue weighted by Gasteiger charge is -2.20. The monoisotopic (exact) mass is 544 g/mol. The molecule has 2 aromatic carbocycles. The van der Waals surface area contributed by atoms with Gasteiger partial charge in [0.25, 0.3) is 10.0 Å². The third-order valence-corrected chi connectivity index (χ3v) is 6.73. The topological polar surface area (TPSA) is 102 Å². The molecule has 0 fully saturated rings. The van der Waals surface area contributed by atoms with Crippen LogP contribution in [0.15, 0.2) is 65.5 Å². The van der Waals surface area contributed by atoms with Gasteiger partial charge in [0.15, 0.2) is 0 Å². The minimum Gasteiger partial charge on any atom is -0.372 e. The van der Waals surface area contributed by atoms with E-state index in [9.17, 15) is 26.4 Å². The van der Waals surface area contributed by atoms with Gasteiger partial charge < -0.3 is 10.1 Å². The van der Waals surface area contributed by atoms with Crippen molar-refractivity contribution in [2.45, 2.75) is 17.7 Å². The van der Waals surface area contributed by atoms with Gasteiger partial charge in [-0.3, -0.25) is 0 Å². The van der Waals surface area contributed by atoms with E-state index in [4.69, 9.17) is 16.3 Å². The van der Waals surface area contributed by atoms with Crippen LogP contribution in [-0.2, 0) is 27.5 Å². The first-order valence-corrected chi connectivity index (χ1v) is 12.1. The SMILES string of the molecule is O=C(NC/C(F)=C1\COCc2cnn(-c3cccc(C(F)(F)F)c3)c21)NS(=O)(=O)c1ccc(Cl)cc1. The van der Waals surface area contributed by atoms with Gasteiger partial charge in [0.1, 0.15) is 5.83 Å². The molecule has 0 spiro atoms. The van der Waals surface area contributed by atoms with Crippen LogP contribution >= 0.6 is 11.6 Å². The number of sulfonamides is 1. The van der Waals surface area contributed by atoms with Gasteiger partial charge in [0.05, 0.1) is 47.8 Å². The molecule has 1 aliphatic rings. The molecule has 3 aromatic rings. The van der Waals surface area contributed by atoms with E-state index in [1.54, 1.807) is 4.72 Å². The molecule has 1 aliphatic heterocycles. The molecule has 0 radical (unpaired) electrons. The first-order valence-electron chi connectivity index (χ1n) is 10.2. The van der Waals surface area contributed by atoms with Crippen molar-refractivity contribution in [3.05, 3.63) is 82.4 Å². The summed E-state index contributed by atoms with van der Waals surface area (Å²) in [5, 5.41) is 6.49. The summed E-state index contributed by atoms with van der Waals surface area (Å²) in [6.07, 6.45) is -3.24. The standard InChI is InChI=1S/C22H17ClF4N4O4S/c23-15-4-6-17(7-5-15)36(33,34)30-21(32)28-10-19(24)18-12-35-11-13-9-29-31(20(13)18)16-3-1-2-14(8-16)22(25,26)27/h1-9H,10-12H2,(H2,28,30,32)/b19-18-. The van der Waals surface area contributed by atoms with Crippen molar-refractivity contribution < 1.29 is 35.5 Å². The molecule has 0 saturated heterocycles. The van der Waals surface area contributed by atoms with Crippen LogP contribution in [0.3, 0.4) is 0 Å². The number of urea groups is 1. The molecule has 0 aliphatic carbocycles. The van der Waals surface area contributed by atoms with Gasteiger partial charge in [-0.1, -0.05) is 17.7 Å². The van der Waals surface area contributed by atoms with Crippen molar-refractivity contribution in [2.24, 2.45) is 0 Å². The van der Waals surface area contributed by atoms with Crippen LogP contribution in [0.4, 0.5) is 22.4 Å². The van der Waals surface area contributed by atoms with E-state index < -0.39 is 40.2 Å². The fraction of sp³-hybridized carbons (Fsp3) is 0.182. The average molecular weight is 545 g/mol. The van der Waals surface area contributed by atoms with E-state index in [0.29, 0.717) is 10.6 Å². The van der Waals surface area contributed by atoms with E-state index in [-0.39, 0.29) is 35.1 Å². The summed E-state index contributed by atoms with van der Waals surface area (Å²) in [7, 11) is -4.24. The summed E-state index contributed by atoms with van der Waals surface area (Å²) in [5.74, 6) is -0.885. The molecule has 1 aromatic heterocycles. The van der Waals surface area contributed by atoms with E-state index >= 15 is 4.39 Å². The number of nitrogens with one attached hydrogen (secondary N) is 2. The summed E-state index contributed by atoms with van der Waals surface area (Å²) >= 11 is 5.72. The summed E-state index contributed by atoms with van der Waals surface area (Å²) < 4.78 is 87.5. The smallest absolute Gasteiger partial charge is 0.372 e. The number of nitrogens with zero attached hydrogens (tertiary/aromatic N) is 2. The highest BCUT2D eigenvalue weighted by Crippen LogP contribution is 2.33. The van der Waals surface area contributed by atoms with E-state index in [1.165, 1.54) is 42.6 Å². The summed E-state index contributed by atoms with van der Waals surface area (Å²) in [6.45, 7) is -0.901. The number of alkyl halides is 3. The van der Waals surface area contributed by atoms with Crippen LogP contribution in [0.5, 0.6) is 0 Å². The van der Waals surface area contributed by atoms with Crippen LogP contribution in [0.2, 0.25) is 5.02 Å². The Kier molecular flexibility index (Phi) is 7.07. The Balaban J connectivity index is 1.55. The first-order chi connectivity index (χ1) is 17.0. The van der Waals surface area contributed by atoms with Gasteiger partial charge in [-0.25, -0.2) is 27.0 Å². The number of benzene rings is 2. The Morgan fingerprint density at radius 2 is 1.86 bits per heavy atom. The van der Waals surface area contributed by atoms with Gasteiger partial charge in [-0.2, -0.15) is 18.3 Å². The number of hydrogen-bond acceptors (Lipinski definition) is 5. The van der Waals surface area contributed by atoms with Crippen LogP contribution in [0, 0.1) is 0 Å². The number of fused-ring (bicyclic) bond motifs is 1. The Morgan fingerprint density at radius 3 is 2.56 bits per heavy atom. The second kappa shape index (κ2) is 9.91. The number of halogens is 5. The van der Waals surface area contributed by atoms with E-state index in [2.05, 4.69) is 10.4 Å². The maximum atomic E-state index is 15.1. The van der Waals surface area contributed by atoms with Gasteiger partial charge >= 0.3 is 12.2 Å². The van der Waals surface area contributed by atoms with Gasteiger partial charge in [-0.15, -0.1) is 0 Å². The molecule has 0 saturated carbocycles. The first kappa shape index (κ1) is 25.7. The largest absolute Gasteiger partial charge is 0.416 e. The second-order valence-corrected chi connectivity index (χ2v) is 9.72. The average Bonchev–Trinajstić information content (AvgIpc) is 3.26. The predicted molar refractivity (Wildman–Crippen MR) is 121 cm³/mol. The van der Waals surface area contributed by atoms with Crippen LogP contribution in [-0.4, -0.2) is 37.4 Å². The molecule has 2 N–H and O–H groups in total. The van der Waals surface area contributed by atoms with Crippen molar-refractivity contribution >= 4 is 33.2 Å². The number of aromatic nitrogens is 2. The number of carbonyl (C=O) groups excluding carboxylic acids is 1. The van der Waals surface area contributed by atoms with Crippen molar-refractivity contribution in [1.82, 2.24) is 19.8 Å². The van der Waals surface area contributed by atoms with Crippen molar-refractivity contribution in [3.8, 4) is 5.69 Å². The number of hydrogen-bond donors (Lipinski definition) is 2. The Hall–Kier alpha value is -3.42. The lowest BCUT2D eigenvalue weighted by molar-refractivity contribution is -0.137. The minimum atomic E-state index is -4.58. The van der Waals surface area contributed by atoms with Crippen molar-refractivity contribution in [2.75, 3.05) is 13.2 Å². The zero-order valence-electron chi connectivity index (χ0n) is 18.1. The Bertz CT molecular complexity index is 1440. The molecule has 0 atom stereocenters. The maximum Gasteiger partial charge on any atom is 0.416 e. The Morgan fingerprint density at radius 1 is 1.14 bits per heavy atom. The van der Waals surface area contributed by atoms with Crippen LogP contribution in [0.1, 0.15) is 16.8 Å². The molecule has 4 rings (SSSR count). The molecule has 190 valence electrons. The molecule has 2 amide bonds. The van der Waals surface area contributed by atoms with Crippen LogP contribution in [0.25, 0.3) is 11.3 Å². The quantitative estimate of drug-likeness (QED) is 0.462. The van der Waals surface area contributed by atoms with E-state index in [1.807, 2.05) is 0 Å². The molecule has 2 heterocycles. The number of carbonyl (C=O) groups is 1. The molecule has 0 bridgehead atoms. The van der Waals surface area contributed by atoms with Gasteiger partial charge in [0, 0.05) is 16.2 Å². The highest BCUT2D eigenvalue weighted by atomic mass is 35.5. The molecular formula is C22H17ClF4N4O4S. The minimum absolute atomic E-state index is 0.0491. The molecule has 36 heavy (non-hydrogen) atoms. The summed E-state index contributed by atoms with van der Waals surface area (Å²) in [4.78, 5) is 11.9. The molecule has 8 nitrogen and oxygen atoms in total. The molecular weight excluding hydrogens is 528 g/mol. The second-order valence-electron chi connectivity index (χ2n) is 7.60. The van der Waals surface area contributed by atoms with Crippen molar-refractivity contribution in [3.63, 3.8) is 0 Å². The zero-order valence-corrected chi connectivity index (χ0v) is 19.7. The lowest BCUT2D eigenvalue weighted by Crippen LogP contribution is -2.40. The summed E-state index contributed by atoms with van der Waals surface area (Å²) in [6, 6.07) is 8.22. The highest BCUT2D eigenvalue weighted by molar-refractivity contribution is 7.90. The molecule has 14 heteroatoms. The Labute approximate surface area is 207 Å². The third kappa shape index (κ3) is 5.53. The normalized spacial score (nSPS) is 15.2. The summed E-state index contributed by atoms with van der Waals surface area (Å²) in [5.41, 5.74) is -0.278. The van der Waals surface area contributed by atoms with E-state index in [0.717, 1.165) is 16.8 Å². The predicted octanol–water partition coefficient (Wildman–Crippen LogP) is 4.44. The van der Waals surface area contributed by atoms with Crippen LogP contribution < -0.4 is 10.0 Å². The number of rotatable bonds is 5. The van der Waals surface area contributed by atoms with Gasteiger partial charge in [-0.05, 0) is 42.5 Å². The molecule has 0 unspecified atom stereocenters. The third-order valence-electron chi connectivity index (χ3n) is 5.14. The zero-order chi connectivity index (χ0) is 26.1. The lowest BCUT2D eigenvalue weighted by atomic mass is 10.1. The highest BCUT2D eigenvalue weighted by Gasteiger charge is 2.31. The fourth-order valence-corrected chi connectivity index (χ4v) is 4.51. The number of amides is 2.